The number of hydrogen-bond donors (Lipinski definition) is 9. The fourth-order valence-corrected chi connectivity index (χ4v) is 16.0. The van der Waals surface area contributed by atoms with Crippen LogP contribution in [0.1, 0.15) is 232 Å². The van der Waals surface area contributed by atoms with Crippen LogP contribution in [0.3, 0.4) is 0 Å². The minimum Gasteiger partial charge on any atom is -0.458 e. The van der Waals surface area contributed by atoms with E-state index in [4.69, 9.17) is 25.3 Å². The average Bonchev–Trinajstić information content (AvgIpc) is 1.15. The van der Waals surface area contributed by atoms with Gasteiger partial charge in [-0.3, -0.25) is 28.8 Å². The lowest BCUT2D eigenvalue weighted by Crippen LogP contribution is -2.46. The number of ketones is 3. The van der Waals surface area contributed by atoms with Crippen molar-refractivity contribution in [1.29, 1.82) is 0 Å². The van der Waals surface area contributed by atoms with Gasteiger partial charge in [-0.15, -0.1) is 34.0 Å². The molecule has 0 amide bonds. The zero-order valence-corrected chi connectivity index (χ0v) is 68.6. The van der Waals surface area contributed by atoms with E-state index in [1.807, 2.05) is 70.7 Å². The average molecular weight is 1570 g/mol. The maximum Gasteiger partial charge on any atom is 0.309 e. The highest BCUT2D eigenvalue weighted by Gasteiger charge is 2.47. The Morgan fingerprint density at radius 1 is 0.463 bits per heavy atom. The second-order valence-corrected chi connectivity index (χ2v) is 35.4. The summed E-state index contributed by atoms with van der Waals surface area (Å²) in [5.41, 5.74) is 18.8. The van der Waals surface area contributed by atoms with E-state index in [0.717, 1.165) is 45.6 Å². The van der Waals surface area contributed by atoms with Crippen LogP contribution in [0, 0.1) is 72.5 Å². The first kappa shape index (κ1) is 92.4. The Balaban J connectivity index is 0.000000291. The number of thiazole rings is 3. The van der Waals surface area contributed by atoms with Crippen LogP contribution in [0.15, 0.2) is 43.1 Å². The van der Waals surface area contributed by atoms with Crippen LogP contribution in [0.5, 0.6) is 0 Å². The number of aryl methyl sites for hydroxylation is 3. The van der Waals surface area contributed by atoms with Gasteiger partial charge in [-0.2, -0.15) is 0 Å². The van der Waals surface area contributed by atoms with Crippen molar-refractivity contribution in [3.05, 3.63) is 85.8 Å². The van der Waals surface area contributed by atoms with Crippen LogP contribution in [0.4, 0.5) is 0 Å². The van der Waals surface area contributed by atoms with Crippen molar-refractivity contribution in [1.82, 2.24) is 20.3 Å². The predicted octanol–water partition coefficient (Wildman–Crippen LogP) is 12.4. The Bertz CT molecular complexity index is 3690. The summed E-state index contributed by atoms with van der Waals surface area (Å²) >= 11 is 4.53. The molecule has 9 N–H and O–H groups in total. The SMILES string of the molecule is C/C(=C\c1csc(C)n1)[C@@H]1C[C@@H](O)[C@H](N=[N+]=[N-])CCC[C@H](C)[C@H](O)[C@@H](C)C(=O)C(C)(C)[C@@H](O)CC(=O)O1.C/C(=C\c1csc(C)n1)[C@@H]1C[C@@H]2N[C@@H]2CCC[C@H](C)[C@H](O)[C@@H](C)C(=O)C(C)(C)[C@@H](O)CC(=O)O1.C/C(=C\c1csc(C)n1)[C@@H]1C[C@H](N=[N+]=[N-])[C@@H](O)CCC[C@H](C)[C@H](O)[C@@H](C)C(=O)C(C)(C)[C@@H](O)CC(=O)O1. The summed E-state index contributed by atoms with van der Waals surface area (Å²) in [6.45, 7) is 31.3. The van der Waals surface area contributed by atoms with Crippen LogP contribution < -0.4 is 5.32 Å². The van der Waals surface area contributed by atoms with Gasteiger partial charge in [0.1, 0.15) is 35.7 Å². The first-order valence-corrected chi connectivity index (χ1v) is 40.4. The third kappa shape index (κ3) is 26.8. The molecular weight excluding hydrogens is 1450 g/mol. The topological polar surface area (TPSA) is 450 Å². The standard InChI is InChI=1S/2C26H40N4O6S.C26H40N2O5S/c1-14-8-7-9-20(31)19(29-30-27)11-21(15(2)10-18-13-37-17(4)28-18)36-23(33)12-22(32)26(5,6)25(35)16(3)24(14)34;1-14-8-7-9-19(29-30-27)20(31)11-21(15(2)10-18-13-37-17(4)28-18)36-23(33)12-22(32)26(5,6)25(35)16(3)24(14)34;1-14-8-7-9-19-20(28-19)11-21(15(2)10-18-13-34-17(4)27-18)33-23(30)12-22(29)26(5,6)25(32)16(3)24(14)31/h2*10,13-14,16,19-22,24,31-32,34H,7-9,11-12H2,1-6H3;10,13-14,16,19-22,24,28-29,31H,7-9,11-12H2,1-6H3/b3*15-10+/t14-,16+,19-,20-,21-,22-,24-;14-,16+,19+,20+,21-,22-,24-;14-,16+,19+,20-,21-,22-,24-/m000/s1. The molecule has 21 atom stereocenters. The Kier molecular flexibility index (Phi) is 35.8. The number of cyclic esters (lactones) is 3. The number of aliphatic hydroxyl groups excluding tert-OH is 8. The number of hydrogen-bond acceptors (Lipinski definition) is 26. The minimum atomic E-state index is -1.34. The molecule has 30 heteroatoms. The second-order valence-electron chi connectivity index (χ2n) is 32.2. The van der Waals surface area contributed by atoms with E-state index in [2.05, 4.69) is 40.3 Å². The molecule has 4 saturated heterocycles. The summed E-state index contributed by atoms with van der Waals surface area (Å²) in [4.78, 5) is 97.4. The van der Waals surface area contributed by atoms with E-state index < -0.39 is 144 Å². The number of carbonyl (C=O) groups is 6. The van der Waals surface area contributed by atoms with Gasteiger partial charge in [-0.05, 0) is 150 Å². The molecule has 3 aromatic rings. The number of ether oxygens (including phenoxy) is 3. The smallest absolute Gasteiger partial charge is 0.309 e. The quantitative estimate of drug-likeness (QED) is 0.0252. The largest absolute Gasteiger partial charge is 0.458 e. The first-order chi connectivity index (χ1) is 50.4. The van der Waals surface area contributed by atoms with Crippen molar-refractivity contribution in [2.45, 2.75) is 312 Å². The summed E-state index contributed by atoms with van der Waals surface area (Å²) in [5, 5.41) is 106. The number of nitrogens with zero attached hydrogens (tertiary/aromatic N) is 9. The molecule has 4 aliphatic heterocycles. The number of Topliss-reactive ketones (excluding diaryl/α,β-unsaturated/α-hetero) is 3. The monoisotopic (exact) mass is 1560 g/mol. The lowest BCUT2D eigenvalue weighted by Gasteiger charge is -2.35. The van der Waals surface area contributed by atoms with Crippen molar-refractivity contribution in [2.24, 2.45) is 62.0 Å². The molecule has 108 heavy (non-hydrogen) atoms. The Morgan fingerprint density at radius 2 is 0.778 bits per heavy atom. The highest BCUT2D eigenvalue weighted by Crippen LogP contribution is 2.38. The highest BCUT2D eigenvalue weighted by atomic mass is 32.1. The maximum absolute atomic E-state index is 13.2. The highest BCUT2D eigenvalue weighted by molar-refractivity contribution is 7.10. The van der Waals surface area contributed by atoms with E-state index in [-0.39, 0.29) is 60.4 Å². The Labute approximate surface area is 648 Å². The number of rotatable bonds is 8. The van der Waals surface area contributed by atoms with Crippen molar-refractivity contribution < 1.29 is 83.8 Å². The van der Waals surface area contributed by atoms with Gasteiger partial charge in [0.25, 0.3) is 0 Å². The third-order valence-electron chi connectivity index (χ3n) is 22.4. The van der Waals surface area contributed by atoms with Gasteiger partial charge in [0.15, 0.2) is 0 Å². The minimum absolute atomic E-state index is 0.0193. The summed E-state index contributed by atoms with van der Waals surface area (Å²) in [7, 11) is 0. The Morgan fingerprint density at radius 3 is 1.11 bits per heavy atom. The number of fused-ring (bicyclic) bond motifs is 1. The van der Waals surface area contributed by atoms with Gasteiger partial charge in [-0.25, -0.2) is 15.0 Å². The molecule has 0 aliphatic carbocycles. The number of aromatic nitrogens is 3. The van der Waals surface area contributed by atoms with Crippen molar-refractivity contribution in [3.63, 3.8) is 0 Å². The van der Waals surface area contributed by atoms with Gasteiger partial charge in [-0.1, -0.05) is 113 Å². The second kappa shape index (κ2) is 41.9. The van der Waals surface area contributed by atoms with Crippen molar-refractivity contribution in [2.75, 3.05) is 0 Å². The van der Waals surface area contributed by atoms with Crippen molar-refractivity contribution in [3.8, 4) is 0 Å². The summed E-state index contributed by atoms with van der Waals surface area (Å²) in [6, 6.07) is -1.01. The lowest BCUT2D eigenvalue weighted by molar-refractivity contribution is -0.156. The van der Waals surface area contributed by atoms with Crippen molar-refractivity contribution >= 4 is 87.5 Å². The van der Waals surface area contributed by atoms with E-state index in [0.29, 0.717) is 73.5 Å². The molecule has 0 saturated carbocycles. The molecule has 0 bridgehead atoms. The summed E-state index contributed by atoms with van der Waals surface area (Å²) < 4.78 is 17.3. The summed E-state index contributed by atoms with van der Waals surface area (Å²) in [5.74, 6) is -5.59. The van der Waals surface area contributed by atoms with Gasteiger partial charge < -0.3 is 60.4 Å². The Hall–Kier alpha value is -6.21. The molecule has 602 valence electrons. The van der Waals surface area contributed by atoms with Gasteiger partial charge in [0.05, 0.1) is 129 Å². The first-order valence-electron chi connectivity index (χ1n) is 37.8. The fraction of sp³-hybridized carbons (Fsp3) is 0.731. The van der Waals surface area contributed by atoms with Crippen LogP contribution in [-0.2, 0) is 43.0 Å². The van der Waals surface area contributed by atoms with Gasteiger partial charge >= 0.3 is 17.9 Å². The van der Waals surface area contributed by atoms with Gasteiger partial charge in [0, 0.05) is 68.6 Å². The third-order valence-corrected chi connectivity index (χ3v) is 24.7. The number of nitrogens with one attached hydrogen (secondary N) is 1. The molecule has 0 spiro atoms. The molecule has 27 nitrogen and oxygen atoms in total. The normalized spacial score (nSPS) is 33.9. The molecule has 7 heterocycles. The van der Waals surface area contributed by atoms with E-state index in [1.165, 1.54) is 22.7 Å². The molecule has 3 aromatic heterocycles. The van der Waals surface area contributed by atoms with E-state index in [9.17, 15) is 69.6 Å². The fourth-order valence-electron chi connectivity index (χ4n) is 14.3. The van der Waals surface area contributed by atoms with Crippen LogP contribution in [0.25, 0.3) is 39.1 Å². The molecule has 4 aliphatic rings. The van der Waals surface area contributed by atoms with Crippen LogP contribution in [0.2, 0.25) is 0 Å². The maximum atomic E-state index is 13.2. The predicted molar refractivity (Wildman–Crippen MR) is 416 cm³/mol. The van der Waals surface area contributed by atoms with Crippen LogP contribution in [-0.4, -0.2) is 182 Å². The molecule has 7 rings (SSSR count). The molecule has 0 unspecified atom stereocenters. The molecule has 4 fully saturated rings. The molecule has 0 aromatic carbocycles. The van der Waals surface area contributed by atoms with Crippen LogP contribution >= 0.6 is 34.0 Å². The van der Waals surface area contributed by atoms with Gasteiger partial charge in [0.2, 0.25) is 0 Å². The molecule has 0 radical (unpaired) electrons. The van der Waals surface area contributed by atoms with E-state index >= 15 is 0 Å². The lowest BCUT2D eigenvalue weighted by atomic mass is 9.73. The molecular formula is C78H120N10O17S3. The number of aliphatic hydroxyl groups is 8. The zero-order chi connectivity index (χ0) is 81.0. The van der Waals surface area contributed by atoms with E-state index in [1.54, 1.807) is 99.6 Å². The summed E-state index contributed by atoms with van der Waals surface area (Å²) in [6.07, 6.45) is -0.213. The number of carbonyl (C=O) groups excluding carboxylic acids is 6. The number of azide groups is 2. The zero-order valence-electron chi connectivity index (χ0n) is 66.2. The number of esters is 3.